The molecular weight excluding hydrogens is 494 g/mol. The molecular formula is C20H17ClF6N4O3. The summed E-state index contributed by atoms with van der Waals surface area (Å²) in [5, 5.41) is 1.58. The van der Waals surface area contributed by atoms with Crippen LogP contribution in [0, 0.1) is 17.5 Å². The number of pyridine rings is 1. The van der Waals surface area contributed by atoms with Crippen LogP contribution in [0.15, 0.2) is 24.4 Å². The molecule has 0 bridgehead atoms. The van der Waals surface area contributed by atoms with Crippen LogP contribution in [0.3, 0.4) is 0 Å². The molecule has 7 nitrogen and oxygen atoms in total. The van der Waals surface area contributed by atoms with Gasteiger partial charge in [0.15, 0.2) is 12.4 Å². The summed E-state index contributed by atoms with van der Waals surface area (Å²) in [6.07, 6.45) is -3.92. The Hall–Kier alpha value is -3.22. The van der Waals surface area contributed by atoms with Crippen molar-refractivity contribution < 1.29 is 40.7 Å². The van der Waals surface area contributed by atoms with E-state index in [2.05, 4.69) is 15.0 Å². The molecule has 1 saturated heterocycles. The van der Waals surface area contributed by atoms with Gasteiger partial charge in [-0.2, -0.15) is 13.2 Å². The molecule has 1 aliphatic rings. The lowest BCUT2D eigenvalue weighted by molar-refractivity contribution is -0.154. The van der Waals surface area contributed by atoms with Gasteiger partial charge in [0.05, 0.1) is 0 Å². The summed E-state index contributed by atoms with van der Waals surface area (Å²) in [5.74, 6) is -7.13. The summed E-state index contributed by atoms with van der Waals surface area (Å²) in [6.45, 7) is -0.696. The van der Waals surface area contributed by atoms with Crippen molar-refractivity contribution in [3.63, 3.8) is 0 Å². The van der Waals surface area contributed by atoms with Crippen LogP contribution < -0.4 is 15.8 Å². The van der Waals surface area contributed by atoms with Crippen molar-refractivity contribution in [2.24, 2.45) is 5.73 Å². The van der Waals surface area contributed by atoms with E-state index in [4.69, 9.17) is 17.3 Å². The molecule has 3 amide bonds. The monoisotopic (exact) mass is 510 g/mol. The zero-order valence-corrected chi connectivity index (χ0v) is 18.1. The Kier molecular flexibility index (Phi) is 6.87. The van der Waals surface area contributed by atoms with Gasteiger partial charge in [-0.3, -0.25) is 4.79 Å². The van der Waals surface area contributed by atoms with E-state index in [1.54, 1.807) is 0 Å². The SMILES string of the molecule is CC1([C@@H](c2cnc(OCC(F)(F)F)c(F)c2)c2ccc(F)c(Cl)c2F)C(=O)NCCN1C(N)=O. The predicted molar refractivity (Wildman–Crippen MR) is 107 cm³/mol. The first-order chi connectivity index (χ1) is 15.8. The van der Waals surface area contributed by atoms with Gasteiger partial charge in [0.2, 0.25) is 5.91 Å². The molecule has 2 atom stereocenters. The van der Waals surface area contributed by atoms with Crippen LogP contribution in [-0.2, 0) is 4.79 Å². The van der Waals surface area contributed by atoms with E-state index in [0.717, 1.165) is 23.2 Å². The fourth-order valence-corrected chi connectivity index (χ4v) is 4.04. The van der Waals surface area contributed by atoms with Crippen molar-refractivity contribution in [1.29, 1.82) is 0 Å². The minimum Gasteiger partial charge on any atom is -0.466 e. The van der Waals surface area contributed by atoms with Crippen LogP contribution in [0.5, 0.6) is 5.88 Å². The predicted octanol–water partition coefficient (Wildman–Crippen LogP) is 3.49. The molecule has 1 aromatic carbocycles. The standard InChI is InChI=1S/C20H17ClF6N4O3/c1-19(17(32)29-4-5-31(19)18(28)33)13(10-2-3-11(22)14(21)15(10)24)9-6-12(23)16(30-7-9)34-8-20(25,26)27/h2-3,6-7,13H,4-5,8H2,1H3,(H2,28,33)(H,29,32)/t13-,19?/m0/s1. The Morgan fingerprint density at radius 3 is 2.59 bits per heavy atom. The zero-order chi connectivity index (χ0) is 25.4. The molecule has 3 N–H and O–H groups in total. The summed E-state index contributed by atoms with van der Waals surface area (Å²) in [6, 6.07) is 1.36. The van der Waals surface area contributed by atoms with Crippen LogP contribution in [0.4, 0.5) is 31.1 Å². The van der Waals surface area contributed by atoms with Crippen LogP contribution in [-0.4, -0.2) is 53.2 Å². The van der Waals surface area contributed by atoms with Crippen molar-refractivity contribution in [2.45, 2.75) is 24.6 Å². The van der Waals surface area contributed by atoms with Gasteiger partial charge < -0.3 is 20.7 Å². The Balaban J connectivity index is 2.21. The van der Waals surface area contributed by atoms with Gasteiger partial charge in [0.1, 0.15) is 22.2 Å². The molecule has 14 heteroatoms. The van der Waals surface area contributed by atoms with Crippen LogP contribution in [0.1, 0.15) is 24.0 Å². The van der Waals surface area contributed by atoms with E-state index in [-0.39, 0.29) is 18.7 Å². The van der Waals surface area contributed by atoms with Gasteiger partial charge in [-0.1, -0.05) is 17.7 Å². The number of nitrogens with zero attached hydrogens (tertiary/aromatic N) is 2. The third-order valence-electron chi connectivity index (χ3n) is 5.38. The molecule has 0 radical (unpaired) electrons. The second-order valence-electron chi connectivity index (χ2n) is 7.55. The maximum Gasteiger partial charge on any atom is 0.422 e. The number of ether oxygens (including phenoxy) is 1. The fraction of sp³-hybridized carbons (Fsp3) is 0.350. The highest BCUT2D eigenvalue weighted by molar-refractivity contribution is 6.31. The first-order valence-electron chi connectivity index (χ1n) is 9.61. The highest BCUT2D eigenvalue weighted by atomic mass is 35.5. The number of alkyl halides is 3. The van der Waals surface area contributed by atoms with E-state index in [1.165, 1.54) is 6.92 Å². The molecule has 1 fully saturated rings. The van der Waals surface area contributed by atoms with Gasteiger partial charge >= 0.3 is 12.2 Å². The number of carbonyl (C=O) groups is 2. The van der Waals surface area contributed by atoms with E-state index in [0.29, 0.717) is 6.07 Å². The highest BCUT2D eigenvalue weighted by Crippen LogP contribution is 2.43. The van der Waals surface area contributed by atoms with Crippen molar-refractivity contribution in [1.82, 2.24) is 15.2 Å². The van der Waals surface area contributed by atoms with Crippen molar-refractivity contribution in [3.8, 4) is 5.88 Å². The van der Waals surface area contributed by atoms with Crippen LogP contribution in [0.25, 0.3) is 0 Å². The average Bonchev–Trinajstić information content (AvgIpc) is 2.74. The highest BCUT2D eigenvalue weighted by Gasteiger charge is 2.52. The second kappa shape index (κ2) is 9.20. The van der Waals surface area contributed by atoms with E-state index in [9.17, 15) is 31.5 Å². The molecule has 1 unspecified atom stereocenters. The van der Waals surface area contributed by atoms with Crippen molar-refractivity contribution in [3.05, 3.63) is 58.0 Å². The van der Waals surface area contributed by atoms with E-state index in [1.807, 2.05) is 0 Å². The van der Waals surface area contributed by atoms with Gasteiger partial charge in [-0.25, -0.2) is 22.9 Å². The number of urea groups is 1. The third kappa shape index (κ3) is 4.69. The number of benzene rings is 1. The molecule has 1 aromatic heterocycles. The Bertz CT molecular complexity index is 1130. The van der Waals surface area contributed by atoms with Gasteiger partial charge in [0, 0.05) is 30.8 Å². The summed E-state index contributed by atoms with van der Waals surface area (Å²) in [7, 11) is 0. The Labute approximate surface area is 193 Å². The number of nitrogens with two attached hydrogens (primary N) is 1. The minimum atomic E-state index is -4.76. The average molecular weight is 511 g/mol. The number of amides is 3. The number of nitrogens with one attached hydrogen (secondary N) is 1. The molecule has 3 rings (SSSR count). The number of piperazine rings is 1. The lowest BCUT2D eigenvalue weighted by Crippen LogP contribution is -2.68. The van der Waals surface area contributed by atoms with Gasteiger partial charge in [-0.05, 0) is 24.6 Å². The summed E-state index contributed by atoms with van der Waals surface area (Å²) in [5.41, 5.74) is 2.78. The largest absolute Gasteiger partial charge is 0.466 e. The van der Waals surface area contributed by atoms with Gasteiger partial charge in [0.25, 0.3) is 5.88 Å². The number of halogens is 7. The smallest absolute Gasteiger partial charge is 0.422 e. The molecule has 0 spiro atoms. The summed E-state index contributed by atoms with van der Waals surface area (Å²) in [4.78, 5) is 29.6. The number of aromatic nitrogens is 1. The molecule has 0 aliphatic carbocycles. The zero-order valence-electron chi connectivity index (χ0n) is 17.4. The van der Waals surface area contributed by atoms with Crippen molar-refractivity contribution in [2.75, 3.05) is 19.7 Å². The molecule has 1 aliphatic heterocycles. The Morgan fingerprint density at radius 1 is 1.32 bits per heavy atom. The maximum absolute atomic E-state index is 15.1. The van der Waals surface area contributed by atoms with E-state index >= 15 is 4.39 Å². The molecule has 184 valence electrons. The molecule has 34 heavy (non-hydrogen) atoms. The van der Waals surface area contributed by atoms with Crippen molar-refractivity contribution >= 4 is 23.5 Å². The first kappa shape index (κ1) is 25.4. The van der Waals surface area contributed by atoms with Crippen LogP contribution >= 0.6 is 11.6 Å². The summed E-state index contributed by atoms with van der Waals surface area (Å²) < 4.78 is 85.2. The van der Waals surface area contributed by atoms with Gasteiger partial charge in [-0.15, -0.1) is 0 Å². The fourth-order valence-electron chi connectivity index (χ4n) is 3.87. The number of hydrogen-bond donors (Lipinski definition) is 2. The lowest BCUT2D eigenvalue weighted by Gasteiger charge is -2.47. The Morgan fingerprint density at radius 2 is 2.00 bits per heavy atom. The number of carbonyl (C=O) groups excluding carboxylic acids is 2. The molecule has 2 aromatic rings. The topological polar surface area (TPSA) is 97.6 Å². The number of rotatable bonds is 5. The van der Waals surface area contributed by atoms with E-state index < -0.39 is 70.1 Å². The minimum absolute atomic E-state index is 0.00751. The third-order valence-corrected chi connectivity index (χ3v) is 5.73. The second-order valence-corrected chi connectivity index (χ2v) is 7.93. The quantitative estimate of drug-likeness (QED) is 0.475. The normalized spacial score (nSPS) is 19.5. The first-order valence-corrected chi connectivity index (χ1v) is 9.99. The maximum atomic E-state index is 15.1. The summed E-state index contributed by atoms with van der Waals surface area (Å²) >= 11 is 5.70. The molecule has 0 saturated carbocycles. The lowest BCUT2D eigenvalue weighted by atomic mass is 9.73. The molecule has 2 heterocycles. The number of primary amides is 1. The number of hydrogen-bond acceptors (Lipinski definition) is 4. The van der Waals surface area contributed by atoms with Crippen LogP contribution in [0.2, 0.25) is 5.02 Å².